The quantitative estimate of drug-likeness (QED) is 0.493. The number of methoxy groups -OCH3 is 1. The molecule has 0 heterocycles. The van der Waals surface area contributed by atoms with Gasteiger partial charge in [-0.3, -0.25) is 0 Å². The number of hydrogen-bond donors (Lipinski definition) is 0. The van der Waals surface area contributed by atoms with Crippen LogP contribution < -0.4 is 14.2 Å². The Hall–Kier alpha value is -2.45. The summed E-state index contributed by atoms with van der Waals surface area (Å²) in [5, 5.41) is 8.99. The summed E-state index contributed by atoms with van der Waals surface area (Å²) in [6.07, 6.45) is 2.60. The molecule has 24 heavy (non-hydrogen) atoms. The van der Waals surface area contributed by atoms with Crippen LogP contribution in [0.4, 0.5) is 0 Å². The number of para-hydroxylation sites is 1. The lowest BCUT2D eigenvalue weighted by molar-refractivity contribution is 0.209. The topological polar surface area (TPSA) is 51.5 Å². The van der Waals surface area contributed by atoms with E-state index in [0.29, 0.717) is 34.7 Å². The molecule has 0 aliphatic rings. The third-order valence-electron chi connectivity index (χ3n) is 3.28. The first-order valence-corrected chi connectivity index (χ1v) is 8.21. The second kappa shape index (κ2) is 8.99. The van der Waals surface area contributed by atoms with Crippen LogP contribution in [-0.2, 0) is 6.42 Å². The highest BCUT2D eigenvalue weighted by molar-refractivity contribution is 9.10. The maximum atomic E-state index is 8.99. The van der Waals surface area contributed by atoms with Gasteiger partial charge in [-0.25, -0.2) is 0 Å². The van der Waals surface area contributed by atoms with E-state index in [1.54, 1.807) is 12.1 Å². The van der Waals surface area contributed by atoms with E-state index in [4.69, 9.17) is 19.5 Å². The normalized spacial score (nSPS) is 9.88. The average Bonchev–Trinajstić information content (AvgIpc) is 2.60. The average molecular weight is 388 g/mol. The summed E-state index contributed by atoms with van der Waals surface area (Å²) >= 11 is 3.40. The standard InChI is InChI=1S/C19H18BrNO3/c1-3-6-15-7-4-5-8-17(15)23-9-10-24-19-16(20)11-14(13-21)12-18(19)22-2/h3-5,7-8,11-12H,1,6,9-10H2,2H3. The maximum Gasteiger partial charge on any atom is 0.175 e. The van der Waals surface area contributed by atoms with E-state index >= 15 is 0 Å². The van der Waals surface area contributed by atoms with Crippen molar-refractivity contribution >= 4 is 15.9 Å². The molecule has 0 aliphatic heterocycles. The Morgan fingerprint density at radius 3 is 2.62 bits per heavy atom. The lowest BCUT2D eigenvalue weighted by Crippen LogP contribution is -2.11. The highest BCUT2D eigenvalue weighted by Crippen LogP contribution is 2.36. The molecule has 2 rings (SSSR count). The number of allylic oxidation sites excluding steroid dienone is 1. The molecular weight excluding hydrogens is 370 g/mol. The smallest absolute Gasteiger partial charge is 0.175 e. The van der Waals surface area contributed by atoms with Gasteiger partial charge in [0.2, 0.25) is 0 Å². The molecule has 124 valence electrons. The fourth-order valence-corrected chi connectivity index (χ4v) is 2.75. The number of nitriles is 1. The Balaban J connectivity index is 1.98. The maximum absolute atomic E-state index is 8.99. The van der Waals surface area contributed by atoms with Gasteiger partial charge in [-0.1, -0.05) is 24.3 Å². The van der Waals surface area contributed by atoms with Gasteiger partial charge in [0.1, 0.15) is 19.0 Å². The van der Waals surface area contributed by atoms with Crippen LogP contribution in [-0.4, -0.2) is 20.3 Å². The van der Waals surface area contributed by atoms with Gasteiger partial charge in [0.05, 0.1) is 23.2 Å². The zero-order valence-electron chi connectivity index (χ0n) is 13.4. The van der Waals surface area contributed by atoms with E-state index in [1.807, 2.05) is 30.3 Å². The summed E-state index contributed by atoms with van der Waals surface area (Å²) in [6.45, 7) is 4.50. The molecule has 0 aromatic heterocycles. The van der Waals surface area contributed by atoms with Crippen molar-refractivity contribution in [2.24, 2.45) is 0 Å². The predicted octanol–water partition coefficient (Wildman–Crippen LogP) is 4.52. The van der Waals surface area contributed by atoms with Gasteiger partial charge in [0, 0.05) is 6.07 Å². The van der Waals surface area contributed by atoms with E-state index in [9.17, 15) is 0 Å². The van der Waals surface area contributed by atoms with Crippen molar-refractivity contribution < 1.29 is 14.2 Å². The van der Waals surface area contributed by atoms with Crippen molar-refractivity contribution in [1.29, 1.82) is 5.26 Å². The fraction of sp³-hybridized carbons (Fsp3) is 0.211. The van der Waals surface area contributed by atoms with Crippen LogP contribution in [0.2, 0.25) is 0 Å². The van der Waals surface area contributed by atoms with Crippen LogP contribution in [0.1, 0.15) is 11.1 Å². The van der Waals surface area contributed by atoms with Crippen molar-refractivity contribution in [3.63, 3.8) is 0 Å². The van der Waals surface area contributed by atoms with Crippen molar-refractivity contribution in [2.45, 2.75) is 6.42 Å². The summed E-state index contributed by atoms with van der Waals surface area (Å²) in [5.74, 6) is 1.89. The highest BCUT2D eigenvalue weighted by Gasteiger charge is 2.12. The van der Waals surface area contributed by atoms with Crippen LogP contribution in [0, 0.1) is 11.3 Å². The van der Waals surface area contributed by atoms with E-state index in [1.165, 1.54) is 7.11 Å². The monoisotopic (exact) mass is 387 g/mol. The summed E-state index contributed by atoms with van der Waals surface area (Å²) in [7, 11) is 1.54. The number of benzene rings is 2. The highest BCUT2D eigenvalue weighted by atomic mass is 79.9. The van der Waals surface area contributed by atoms with Gasteiger partial charge in [-0.05, 0) is 40.0 Å². The molecule has 2 aromatic carbocycles. The summed E-state index contributed by atoms with van der Waals surface area (Å²) < 4.78 is 17.5. The molecular formula is C19H18BrNO3. The largest absolute Gasteiger partial charge is 0.493 e. The molecule has 0 saturated heterocycles. The Bertz CT molecular complexity index is 753. The van der Waals surface area contributed by atoms with Gasteiger partial charge in [0.15, 0.2) is 11.5 Å². The molecule has 0 fully saturated rings. The molecule has 0 spiro atoms. The second-order valence-electron chi connectivity index (χ2n) is 4.90. The van der Waals surface area contributed by atoms with Crippen molar-refractivity contribution in [3.05, 3.63) is 64.7 Å². The second-order valence-corrected chi connectivity index (χ2v) is 5.75. The molecule has 0 saturated carbocycles. The van der Waals surface area contributed by atoms with Crippen LogP contribution in [0.3, 0.4) is 0 Å². The van der Waals surface area contributed by atoms with Crippen LogP contribution in [0.15, 0.2) is 53.5 Å². The Labute approximate surface area is 150 Å². The fourth-order valence-electron chi connectivity index (χ4n) is 2.19. The van der Waals surface area contributed by atoms with E-state index in [0.717, 1.165) is 17.7 Å². The summed E-state index contributed by atoms with van der Waals surface area (Å²) in [5.41, 5.74) is 1.59. The number of halogens is 1. The molecule has 0 amide bonds. The molecule has 2 aromatic rings. The number of rotatable bonds is 8. The molecule has 0 aliphatic carbocycles. The molecule has 5 heteroatoms. The van der Waals surface area contributed by atoms with Gasteiger partial charge in [-0.2, -0.15) is 5.26 Å². The molecule has 0 unspecified atom stereocenters. The lowest BCUT2D eigenvalue weighted by atomic mass is 10.1. The number of ether oxygens (including phenoxy) is 3. The number of hydrogen-bond acceptors (Lipinski definition) is 4. The number of nitrogens with zero attached hydrogens (tertiary/aromatic N) is 1. The van der Waals surface area contributed by atoms with E-state index in [2.05, 4.69) is 28.6 Å². The van der Waals surface area contributed by atoms with Crippen molar-refractivity contribution in [3.8, 4) is 23.3 Å². The zero-order valence-corrected chi connectivity index (χ0v) is 15.0. The van der Waals surface area contributed by atoms with Crippen LogP contribution >= 0.6 is 15.9 Å². The SMILES string of the molecule is C=CCc1ccccc1OCCOc1c(Br)cc(C#N)cc1OC. The third-order valence-corrected chi connectivity index (χ3v) is 3.87. The first kappa shape index (κ1) is 17.9. The minimum absolute atomic E-state index is 0.350. The predicted molar refractivity (Wildman–Crippen MR) is 96.7 cm³/mol. The molecule has 0 bridgehead atoms. The molecule has 4 nitrogen and oxygen atoms in total. The lowest BCUT2D eigenvalue weighted by Gasteiger charge is -2.14. The van der Waals surface area contributed by atoms with Gasteiger partial charge >= 0.3 is 0 Å². The third kappa shape index (κ3) is 4.53. The summed E-state index contributed by atoms with van der Waals surface area (Å²) in [4.78, 5) is 0. The molecule has 0 atom stereocenters. The van der Waals surface area contributed by atoms with Gasteiger partial charge < -0.3 is 14.2 Å². The molecule has 0 N–H and O–H groups in total. The van der Waals surface area contributed by atoms with Crippen LogP contribution in [0.25, 0.3) is 0 Å². The first-order chi connectivity index (χ1) is 11.7. The van der Waals surface area contributed by atoms with Crippen molar-refractivity contribution in [2.75, 3.05) is 20.3 Å². The van der Waals surface area contributed by atoms with Gasteiger partial charge in [-0.15, -0.1) is 6.58 Å². The van der Waals surface area contributed by atoms with Crippen molar-refractivity contribution in [1.82, 2.24) is 0 Å². The Morgan fingerprint density at radius 2 is 1.92 bits per heavy atom. The summed E-state index contributed by atoms with van der Waals surface area (Å²) in [6, 6.07) is 13.3. The first-order valence-electron chi connectivity index (χ1n) is 7.41. The minimum Gasteiger partial charge on any atom is -0.493 e. The minimum atomic E-state index is 0.350. The Morgan fingerprint density at radius 1 is 1.17 bits per heavy atom. The Kier molecular flexibility index (Phi) is 6.71. The van der Waals surface area contributed by atoms with E-state index in [-0.39, 0.29) is 0 Å². The van der Waals surface area contributed by atoms with E-state index < -0.39 is 0 Å². The van der Waals surface area contributed by atoms with Gasteiger partial charge in [0.25, 0.3) is 0 Å². The van der Waals surface area contributed by atoms with Crippen LogP contribution in [0.5, 0.6) is 17.2 Å². The molecule has 0 radical (unpaired) electrons. The zero-order chi connectivity index (χ0) is 17.4.